The smallest absolute Gasteiger partial charge is 0.179 e. The molecule has 2 aromatic rings. The van der Waals surface area contributed by atoms with E-state index in [1.54, 1.807) is 6.07 Å². The van der Waals surface area contributed by atoms with Crippen molar-refractivity contribution in [1.82, 2.24) is 15.0 Å². The molecule has 0 amide bonds. The highest BCUT2D eigenvalue weighted by Crippen LogP contribution is 2.21. The Bertz CT molecular complexity index is 534. The molecule has 0 N–H and O–H groups in total. The van der Waals surface area contributed by atoms with Gasteiger partial charge in [-0.2, -0.15) is 0 Å². The largest absolute Gasteiger partial charge is 0.249 e. The molecule has 2 aromatic heterocycles. The molecular weight excluding hydrogens is 246 g/mol. The number of rotatable bonds is 3. The Kier molecular flexibility index (Phi) is 3.92. The Hall–Kier alpha value is -1.48. The zero-order valence-corrected chi connectivity index (χ0v) is 11.6. The summed E-state index contributed by atoms with van der Waals surface area (Å²) in [5, 5.41) is 0.452. The van der Waals surface area contributed by atoms with Crippen LogP contribution in [0.4, 0.5) is 0 Å². The maximum absolute atomic E-state index is 5.95. The van der Waals surface area contributed by atoms with Gasteiger partial charge in [0.2, 0.25) is 0 Å². The van der Waals surface area contributed by atoms with Gasteiger partial charge in [0.15, 0.2) is 5.82 Å². The summed E-state index contributed by atoms with van der Waals surface area (Å²) in [6.45, 7) is 6.21. The van der Waals surface area contributed by atoms with Crippen molar-refractivity contribution in [3.8, 4) is 11.5 Å². The van der Waals surface area contributed by atoms with E-state index >= 15 is 0 Å². The number of hydrogen-bond donors (Lipinski definition) is 0. The lowest BCUT2D eigenvalue weighted by Gasteiger charge is -2.09. The summed E-state index contributed by atoms with van der Waals surface area (Å²) in [7, 11) is 0. The zero-order valence-electron chi connectivity index (χ0n) is 10.8. The molecule has 4 heteroatoms. The lowest BCUT2D eigenvalue weighted by atomic mass is 10.0. The maximum atomic E-state index is 5.95. The number of halogens is 1. The van der Waals surface area contributed by atoms with E-state index in [2.05, 4.69) is 28.8 Å². The van der Waals surface area contributed by atoms with E-state index in [9.17, 15) is 0 Å². The van der Waals surface area contributed by atoms with Crippen molar-refractivity contribution in [3.63, 3.8) is 0 Å². The molecule has 0 aliphatic rings. The van der Waals surface area contributed by atoms with Gasteiger partial charge in [0, 0.05) is 11.4 Å². The van der Waals surface area contributed by atoms with E-state index in [-0.39, 0.29) is 0 Å². The zero-order chi connectivity index (χ0) is 13.1. The lowest BCUT2D eigenvalue weighted by molar-refractivity contribution is 0.708. The summed E-state index contributed by atoms with van der Waals surface area (Å²) in [5.74, 6) is 1.02. The second-order valence-corrected chi connectivity index (χ2v) is 4.80. The molecule has 3 nitrogen and oxygen atoms in total. The molecule has 18 heavy (non-hydrogen) atoms. The molecule has 1 atom stereocenters. The first-order valence-electron chi connectivity index (χ1n) is 6.08. The summed E-state index contributed by atoms with van der Waals surface area (Å²) in [5.41, 5.74) is 2.69. The van der Waals surface area contributed by atoms with Gasteiger partial charge in [-0.3, -0.25) is 0 Å². The van der Waals surface area contributed by atoms with Crippen molar-refractivity contribution in [2.75, 3.05) is 0 Å². The van der Waals surface area contributed by atoms with Gasteiger partial charge in [-0.05, 0) is 37.5 Å². The third kappa shape index (κ3) is 2.85. The monoisotopic (exact) mass is 261 g/mol. The minimum absolute atomic E-state index is 0.435. The first-order valence-corrected chi connectivity index (χ1v) is 6.46. The van der Waals surface area contributed by atoms with Crippen molar-refractivity contribution in [3.05, 3.63) is 40.8 Å². The second kappa shape index (κ2) is 5.44. The highest BCUT2D eigenvalue weighted by atomic mass is 35.5. The van der Waals surface area contributed by atoms with E-state index in [1.165, 1.54) is 0 Å². The van der Waals surface area contributed by atoms with Crippen LogP contribution in [0.25, 0.3) is 11.5 Å². The van der Waals surface area contributed by atoms with E-state index in [4.69, 9.17) is 11.6 Å². The van der Waals surface area contributed by atoms with Crippen molar-refractivity contribution >= 4 is 11.6 Å². The number of pyridine rings is 1. The normalized spacial score (nSPS) is 12.4. The third-order valence-corrected chi connectivity index (χ3v) is 3.13. The Morgan fingerprint density at radius 2 is 2.00 bits per heavy atom. The van der Waals surface area contributed by atoms with E-state index in [0.29, 0.717) is 16.9 Å². The molecule has 0 fully saturated rings. The molecule has 2 heterocycles. The van der Waals surface area contributed by atoms with Gasteiger partial charge in [-0.15, -0.1) is 0 Å². The number of aromatic nitrogens is 3. The van der Waals surface area contributed by atoms with Gasteiger partial charge >= 0.3 is 0 Å². The molecule has 2 rings (SSSR count). The molecule has 0 aliphatic heterocycles. The van der Waals surface area contributed by atoms with Gasteiger partial charge in [0.25, 0.3) is 0 Å². The fraction of sp³-hybridized carbons (Fsp3) is 0.357. The van der Waals surface area contributed by atoms with Gasteiger partial charge in [-0.1, -0.05) is 31.5 Å². The topological polar surface area (TPSA) is 38.7 Å². The number of aryl methyl sites for hydroxylation is 1. The molecule has 0 spiro atoms. The van der Waals surface area contributed by atoms with Crippen molar-refractivity contribution in [2.24, 2.45) is 0 Å². The predicted molar refractivity (Wildman–Crippen MR) is 73.7 cm³/mol. The molecule has 0 aromatic carbocycles. The Balaban J connectivity index is 2.44. The van der Waals surface area contributed by atoms with Crippen molar-refractivity contribution < 1.29 is 0 Å². The van der Waals surface area contributed by atoms with Crippen molar-refractivity contribution in [1.29, 1.82) is 0 Å². The molecule has 0 saturated carbocycles. The van der Waals surface area contributed by atoms with Gasteiger partial charge < -0.3 is 0 Å². The molecule has 1 unspecified atom stereocenters. The van der Waals surface area contributed by atoms with Crippen LogP contribution in [0.1, 0.15) is 37.6 Å². The summed E-state index contributed by atoms with van der Waals surface area (Å²) in [6.07, 6.45) is 1.06. The standard InChI is InChI=1S/C14H16ClN3/c1-4-9(2)11-6-5-7-12(17-11)14-16-10(3)8-13(15)18-14/h5-9H,4H2,1-3H3. The maximum Gasteiger partial charge on any atom is 0.179 e. The molecular formula is C14H16ClN3. The summed E-state index contributed by atoms with van der Waals surface area (Å²) >= 11 is 5.95. The van der Waals surface area contributed by atoms with Crippen LogP contribution in [0.2, 0.25) is 5.15 Å². The quantitative estimate of drug-likeness (QED) is 0.784. The second-order valence-electron chi connectivity index (χ2n) is 4.41. The number of hydrogen-bond acceptors (Lipinski definition) is 3. The highest BCUT2D eigenvalue weighted by Gasteiger charge is 2.09. The van der Waals surface area contributed by atoms with Crippen molar-refractivity contribution in [2.45, 2.75) is 33.1 Å². The average molecular weight is 262 g/mol. The fourth-order valence-corrected chi connectivity index (χ4v) is 1.94. The van der Waals surface area contributed by atoms with Crippen LogP contribution < -0.4 is 0 Å². The molecule has 0 radical (unpaired) electrons. The van der Waals surface area contributed by atoms with E-state index in [0.717, 1.165) is 23.5 Å². The molecule has 94 valence electrons. The van der Waals surface area contributed by atoms with E-state index in [1.807, 2.05) is 25.1 Å². The van der Waals surface area contributed by atoms with Gasteiger partial charge in [-0.25, -0.2) is 15.0 Å². The Labute approximate surface area is 112 Å². The van der Waals surface area contributed by atoms with Crippen LogP contribution in [0, 0.1) is 6.92 Å². The minimum atomic E-state index is 0.435. The SMILES string of the molecule is CCC(C)c1cccc(-c2nc(C)cc(Cl)n2)n1. The van der Waals surface area contributed by atoms with Crippen LogP contribution in [0.15, 0.2) is 24.3 Å². The van der Waals surface area contributed by atoms with Gasteiger partial charge in [0.1, 0.15) is 10.8 Å². The molecule has 0 bridgehead atoms. The van der Waals surface area contributed by atoms with Crippen LogP contribution in [0.5, 0.6) is 0 Å². The highest BCUT2D eigenvalue weighted by molar-refractivity contribution is 6.29. The first-order chi connectivity index (χ1) is 8.60. The Morgan fingerprint density at radius 3 is 2.67 bits per heavy atom. The lowest BCUT2D eigenvalue weighted by Crippen LogP contribution is -1.99. The summed E-state index contributed by atoms with van der Waals surface area (Å²) in [4.78, 5) is 13.2. The van der Waals surface area contributed by atoms with Crippen LogP contribution in [-0.2, 0) is 0 Å². The molecule has 0 aliphatic carbocycles. The van der Waals surface area contributed by atoms with Crippen LogP contribution in [0.3, 0.4) is 0 Å². The Morgan fingerprint density at radius 1 is 1.22 bits per heavy atom. The van der Waals surface area contributed by atoms with E-state index < -0.39 is 0 Å². The summed E-state index contributed by atoms with van der Waals surface area (Å²) in [6, 6.07) is 7.68. The number of nitrogens with zero attached hydrogens (tertiary/aromatic N) is 3. The first kappa shape index (κ1) is 13.0. The van der Waals surface area contributed by atoms with Crippen LogP contribution >= 0.6 is 11.6 Å². The third-order valence-electron chi connectivity index (χ3n) is 2.94. The van der Waals surface area contributed by atoms with Crippen LogP contribution in [-0.4, -0.2) is 15.0 Å². The fourth-order valence-electron chi connectivity index (χ4n) is 1.70. The predicted octanol–water partition coefficient (Wildman–Crippen LogP) is 4.01. The minimum Gasteiger partial charge on any atom is -0.249 e. The summed E-state index contributed by atoms with van der Waals surface area (Å²) < 4.78 is 0. The molecule has 0 saturated heterocycles. The average Bonchev–Trinajstić information content (AvgIpc) is 2.37. The van der Waals surface area contributed by atoms with Gasteiger partial charge in [0.05, 0.1) is 0 Å².